The van der Waals surface area contributed by atoms with Crippen LogP contribution in [0.25, 0.3) is 5.69 Å². The van der Waals surface area contributed by atoms with Crippen LogP contribution in [0.1, 0.15) is 19.0 Å². The summed E-state index contributed by atoms with van der Waals surface area (Å²) < 4.78 is 15.9. The van der Waals surface area contributed by atoms with Gasteiger partial charge in [0.2, 0.25) is 5.95 Å². The summed E-state index contributed by atoms with van der Waals surface area (Å²) in [7, 11) is 0. The monoisotopic (exact) mass is 311 g/mol. The third kappa shape index (κ3) is 2.72. The number of aryl methyl sites for hydroxylation is 1. The van der Waals surface area contributed by atoms with E-state index in [4.69, 9.17) is 0 Å². The lowest BCUT2D eigenvalue weighted by atomic mass is 10.3. The number of anilines is 1. The Morgan fingerprint density at radius 3 is 2.89 bits per heavy atom. The second-order valence-electron chi connectivity index (χ2n) is 4.10. The summed E-state index contributed by atoms with van der Waals surface area (Å²) in [5, 5.41) is 3.23. The largest absolute Gasteiger partial charge is 0.355 e. The molecular weight excluding hydrogens is 297 g/mol. The molecular formula is C13H15BrFN3. The maximum atomic E-state index is 13.6. The SMILES string of the molecule is CCCNc1nc(C)cn1-c1ccc(Br)c(F)c1. The number of aromatic nitrogens is 2. The maximum absolute atomic E-state index is 13.6. The minimum atomic E-state index is -0.278. The molecule has 18 heavy (non-hydrogen) atoms. The first-order chi connectivity index (χ1) is 8.61. The van der Waals surface area contributed by atoms with E-state index in [0.29, 0.717) is 4.47 Å². The summed E-state index contributed by atoms with van der Waals surface area (Å²) in [6.07, 6.45) is 2.90. The number of imidazole rings is 1. The molecule has 1 N–H and O–H groups in total. The highest BCUT2D eigenvalue weighted by Gasteiger charge is 2.08. The van der Waals surface area contributed by atoms with Crippen molar-refractivity contribution in [2.75, 3.05) is 11.9 Å². The van der Waals surface area contributed by atoms with Crippen molar-refractivity contribution in [1.29, 1.82) is 0 Å². The van der Waals surface area contributed by atoms with Gasteiger partial charge >= 0.3 is 0 Å². The second-order valence-corrected chi connectivity index (χ2v) is 4.96. The van der Waals surface area contributed by atoms with Gasteiger partial charge in [0.15, 0.2) is 0 Å². The van der Waals surface area contributed by atoms with Crippen molar-refractivity contribution in [2.24, 2.45) is 0 Å². The Bertz CT molecular complexity index is 551. The molecule has 0 aliphatic rings. The highest BCUT2D eigenvalue weighted by molar-refractivity contribution is 9.10. The van der Waals surface area contributed by atoms with E-state index in [-0.39, 0.29) is 5.82 Å². The summed E-state index contributed by atoms with van der Waals surface area (Å²) in [5.41, 5.74) is 1.66. The highest BCUT2D eigenvalue weighted by atomic mass is 79.9. The summed E-state index contributed by atoms with van der Waals surface area (Å²) in [5.74, 6) is 0.469. The molecule has 0 bridgehead atoms. The molecule has 0 saturated carbocycles. The van der Waals surface area contributed by atoms with Gasteiger partial charge in [0.25, 0.3) is 0 Å². The molecule has 0 fully saturated rings. The lowest BCUT2D eigenvalue weighted by molar-refractivity contribution is 0.620. The summed E-state index contributed by atoms with van der Waals surface area (Å²) in [4.78, 5) is 4.39. The van der Waals surface area contributed by atoms with Gasteiger partial charge < -0.3 is 5.32 Å². The molecule has 1 aromatic carbocycles. The van der Waals surface area contributed by atoms with Crippen molar-refractivity contribution in [3.63, 3.8) is 0 Å². The molecule has 0 saturated heterocycles. The van der Waals surface area contributed by atoms with Crippen molar-refractivity contribution >= 4 is 21.9 Å². The molecule has 1 heterocycles. The van der Waals surface area contributed by atoms with Crippen LogP contribution in [0.4, 0.5) is 10.3 Å². The van der Waals surface area contributed by atoms with Gasteiger partial charge in [0, 0.05) is 12.7 Å². The lowest BCUT2D eigenvalue weighted by Crippen LogP contribution is -2.06. The second kappa shape index (κ2) is 5.52. The van der Waals surface area contributed by atoms with Gasteiger partial charge in [-0.05, 0) is 47.5 Å². The van der Waals surface area contributed by atoms with Crippen molar-refractivity contribution in [3.8, 4) is 5.69 Å². The molecule has 5 heteroatoms. The van der Waals surface area contributed by atoms with Gasteiger partial charge in [-0.1, -0.05) is 6.92 Å². The van der Waals surface area contributed by atoms with Gasteiger partial charge in [-0.15, -0.1) is 0 Å². The molecule has 0 atom stereocenters. The van der Waals surface area contributed by atoms with Crippen LogP contribution < -0.4 is 5.32 Å². The molecule has 2 rings (SSSR count). The summed E-state index contributed by atoms with van der Waals surface area (Å²) in [6, 6.07) is 5.04. The summed E-state index contributed by atoms with van der Waals surface area (Å²) in [6.45, 7) is 4.85. The fourth-order valence-electron chi connectivity index (χ4n) is 1.69. The Morgan fingerprint density at radius 1 is 1.44 bits per heavy atom. The third-order valence-corrected chi connectivity index (χ3v) is 3.18. The maximum Gasteiger partial charge on any atom is 0.207 e. The van der Waals surface area contributed by atoms with Crippen LogP contribution in [0.3, 0.4) is 0 Å². The van der Waals surface area contributed by atoms with Crippen LogP contribution in [0, 0.1) is 12.7 Å². The van der Waals surface area contributed by atoms with E-state index in [1.54, 1.807) is 6.07 Å². The molecule has 1 aromatic heterocycles. The van der Waals surface area contributed by atoms with E-state index in [1.165, 1.54) is 6.07 Å². The molecule has 0 amide bonds. The average Bonchev–Trinajstić information content (AvgIpc) is 2.71. The van der Waals surface area contributed by atoms with Crippen molar-refractivity contribution < 1.29 is 4.39 Å². The van der Waals surface area contributed by atoms with Crippen LogP contribution in [0.15, 0.2) is 28.9 Å². The smallest absolute Gasteiger partial charge is 0.207 e. The van der Waals surface area contributed by atoms with Crippen molar-refractivity contribution in [3.05, 3.63) is 40.4 Å². The number of benzene rings is 1. The zero-order valence-electron chi connectivity index (χ0n) is 10.4. The lowest BCUT2D eigenvalue weighted by Gasteiger charge is -2.09. The Hall–Kier alpha value is -1.36. The van der Waals surface area contributed by atoms with Gasteiger partial charge in [0.1, 0.15) is 5.82 Å². The van der Waals surface area contributed by atoms with Crippen molar-refractivity contribution in [1.82, 2.24) is 9.55 Å². The van der Waals surface area contributed by atoms with Gasteiger partial charge in [-0.3, -0.25) is 4.57 Å². The predicted molar refractivity (Wildman–Crippen MR) is 74.7 cm³/mol. The number of hydrogen-bond acceptors (Lipinski definition) is 2. The topological polar surface area (TPSA) is 29.9 Å². The minimum absolute atomic E-state index is 0.278. The summed E-state index contributed by atoms with van der Waals surface area (Å²) >= 11 is 3.15. The first kappa shape index (κ1) is 13.1. The van der Waals surface area contributed by atoms with Gasteiger partial charge in [-0.25, -0.2) is 9.37 Å². The fraction of sp³-hybridized carbons (Fsp3) is 0.308. The van der Waals surface area contributed by atoms with Crippen LogP contribution in [-0.4, -0.2) is 16.1 Å². The van der Waals surface area contributed by atoms with E-state index in [1.807, 2.05) is 23.8 Å². The van der Waals surface area contributed by atoms with Gasteiger partial charge in [-0.2, -0.15) is 0 Å². The molecule has 3 nitrogen and oxygen atoms in total. The number of rotatable bonds is 4. The van der Waals surface area contributed by atoms with E-state index in [2.05, 4.69) is 33.2 Å². The Labute approximate surface area is 114 Å². The number of nitrogens with one attached hydrogen (secondary N) is 1. The van der Waals surface area contributed by atoms with Crippen LogP contribution >= 0.6 is 15.9 Å². The molecule has 2 aromatic rings. The number of halogens is 2. The number of nitrogens with zero attached hydrogens (tertiary/aromatic N) is 2. The van der Waals surface area contributed by atoms with E-state index in [9.17, 15) is 4.39 Å². The first-order valence-corrected chi connectivity index (χ1v) is 6.66. The standard InChI is InChI=1S/C13H15BrFN3/c1-3-6-16-13-17-9(2)8-18(13)10-4-5-11(14)12(15)7-10/h4-5,7-8H,3,6H2,1-2H3,(H,16,17). The quantitative estimate of drug-likeness (QED) is 0.928. The minimum Gasteiger partial charge on any atom is -0.355 e. The molecule has 0 spiro atoms. The van der Waals surface area contributed by atoms with Gasteiger partial charge in [0.05, 0.1) is 15.9 Å². The molecule has 0 aliphatic carbocycles. The zero-order valence-corrected chi connectivity index (χ0v) is 12.0. The predicted octanol–water partition coefficient (Wildman–Crippen LogP) is 3.90. The van der Waals surface area contributed by atoms with Crippen LogP contribution in [-0.2, 0) is 0 Å². The molecule has 0 radical (unpaired) electrons. The number of hydrogen-bond donors (Lipinski definition) is 1. The van der Waals surface area contributed by atoms with E-state index in [0.717, 1.165) is 30.3 Å². The Balaban J connectivity index is 2.39. The van der Waals surface area contributed by atoms with Crippen LogP contribution in [0.2, 0.25) is 0 Å². The van der Waals surface area contributed by atoms with E-state index >= 15 is 0 Å². The normalized spacial score (nSPS) is 10.7. The Morgan fingerprint density at radius 2 is 2.22 bits per heavy atom. The Kier molecular flexibility index (Phi) is 4.01. The van der Waals surface area contributed by atoms with Crippen molar-refractivity contribution in [2.45, 2.75) is 20.3 Å². The van der Waals surface area contributed by atoms with Crippen LogP contribution in [0.5, 0.6) is 0 Å². The zero-order chi connectivity index (χ0) is 13.1. The first-order valence-electron chi connectivity index (χ1n) is 5.87. The highest BCUT2D eigenvalue weighted by Crippen LogP contribution is 2.22. The third-order valence-electron chi connectivity index (χ3n) is 2.54. The molecule has 96 valence electrons. The molecule has 0 aliphatic heterocycles. The fourth-order valence-corrected chi connectivity index (χ4v) is 1.94. The average molecular weight is 312 g/mol. The van der Waals surface area contributed by atoms with E-state index < -0.39 is 0 Å². The molecule has 0 unspecified atom stereocenters.